The monoisotopic (exact) mass is 371 g/mol. The van der Waals surface area contributed by atoms with Crippen molar-refractivity contribution in [1.82, 2.24) is 9.80 Å². The topological polar surface area (TPSA) is 61.9 Å². The summed E-state index contributed by atoms with van der Waals surface area (Å²) in [7, 11) is 1.55. The zero-order valence-corrected chi connectivity index (χ0v) is 15.4. The van der Waals surface area contributed by atoms with Gasteiger partial charge in [-0.1, -0.05) is 12.1 Å². The van der Waals surface area contributed by atoms with Crippen molar-refractivity contribution in [2.24, 2.45) is 0 Å². The Hall–Kier alpha value is -3.09. The van der Waals surface area contributed by atoms with Gasteiger partial charge in [0.05, 0.1) is 12.8 Å². The van der Waals surface area contributed by atoms with E-state index in [9.17, 15) is 14.0 Å². The standard InChI is InChI=1S/C20H22FN3O3/c1-14-6-7-18(17(21)12-14)22-20(26)24-10-8-23(9-11-24)19(25)15-4-3-5-16(13-15)27-2/h3-7,12-13H,8-11H2,1-2H3,(H,22,26). The Morgan fingerprint density at radius 1 is 1.04 bits per heavy atom. The Labute approximate surface area is 157 Å². The van der Waals surface area contributed by atoms with Crippen LogP contribution in [0.1, 0.15) is 15.9 Å². The smallest absolute Gasteiger partial charge is 0.322 e. The van der Waals surface area contributed by atoms with Gasteiger partial charge in [-0.05, 0) is 42.8 Å². The highest BCUT2D eigenvalue weighted by molar-refractivity contribution is 5.95. The van der Waals surface area contributed by atoms with Crippen LogP contribution < -0.4 is 10.1 Å². The molecule has 0 unspecified atom stereocenters. The molecule has 2 aromatic rings. The van der Waals surface area contributed by atoms with Crippen LogP contribution in [-0.4, -0.2) is 55.0 Å². The van der Waals surface area contributed by atoms with E-state index in [-0.39, 0.29) is 17.6 Å². The third kappa shape index (κ3) is 4.36. The highest BCUT2D eigenvalue weighted by Crippen LogP contribution is 2.18. The summed E-state index contributed by atoms with van der Waals surface area (Å²) in [6.45, 7) is 3.39. The number of anilines is 1. The molecular weight excluding hydrogens is 349 g/mol. The van der Waals surface area contributed by atoms with Crippen molar-refractivity contribution < 1.29 is 18.7 Å². The van der Waals surface area contributed by atoms with Crippen LogP contribution >= 0.6 is 0 Å². The summed E-state index contributed by atoms with van der Waals surface area (Å²) in [5.41, 5.74) is 1.49. The van der Waals surface area contributed by atoms with Crippen molar-refractivity contribution in [3.05, 3.63) is 59.4 Å². The first kappa shape index (κ1) is 18.7. The van der Waals surface area contributed by atoms with E-state index in [1.807, 2.05) is 0 Å². The lowest BCUT2D eigenvalue weighted by molar-refractivity contribution is 0.0671. The molecule has 2 aromatic carbocycles. The SMILES string of the molecule is COc1cccc(C(=O)N2CCN(C(=O)Nc3ccc(C)cc3F)CC2)c1. The predicted molar refractivity (Wildman–Crippen MR) is 101 cm³/mol. The lowest BCUT2D eigenvalue weighted by Gasteiger charge is -2.34. The van der Waals surface area contributed by atoms with E-state index in [1.165, 1.54) is 6.07 Å². The van der Waals surface area contributed by atoms with E-state index in [4.69, 9.17) is 4.74 Å². The van der Waals surface area contributed by atoms with Crippen molar-refractivity contribution >= 4 is 17.6 Å². The fourth-order valence-electron chi connectivity index (χ4n) is 2.97. The molecule has 0 aromatic heterocycles. The molecule has 1 N–H and O–H groups in total. The normalized spacial score (nSPS) is 14.0. The van der Waals surface area contributed by atoms with Gasteiger partial charge in [0.1, 0.15) is 11.6 Å². The number of hydrogen-bond donors (Lipinski definition) is 1. The van der Waals surface area contributed by atoms with Crippen LogP contribution in [0.4, 0.5) is 14.9 Å². The van der Waals surface area contributed by atoms with E-state index < -0.39 is 5.82 Å². The first-order valence-corrected chi connectivity index (χ1v) is 8.73. The van der Waals surface area contributed by atoms with Crippen molar-refractivity contribution in [3.63, 3.8) is 0 Å². The van der Waals surface area contributed by atoms with Crippen molar-refractivity contribution in [1.29, 1.82) is 0 Å². The lowest BCUT2D eigenvalue weighted by Crippen LogP contribution is -2.51. The quantitative estimate of drug-likeness (QED) is 0.902. The van der Waals surface area contributed by atoms with Gasteiger partial charge in [0.15, 0.2) is 0 Å². The molecule has 0 bridgehead atoms. The summed E-state index contributed by atoms with van der Waals surface area (Å²) in [6, 6.07) is 11.3. The molecule has 1 heterocycles. The number of carbonyl (C=O) groups is 2. The minimum Gasteiger partial charge on any atom is -0.497 e. The number of piperazine rings is 1. The van der Waals surface area contributed by atoms with Crippen LogP contribution in [0, 0.1) is 12.7 Å². The number of ether oxygens (including phenoxy) is 1. The summed E-state index contributed by atoms with van der Waals surface area (Å²) in [5, 5.41) is 2.59. The number of amides is 3. The largest absolute Gasteiger partial charge is 0.497 e. The van der Waals surface area contributed by atoms with Gasteiger partial charge in [-0.25, -0.2) is 9.18 Å². The summed E-state index contributed by atoms with van der Waals surface area (Å²) in [5.74, 6) is 0.0627. The van der Waals surface area contributed by atoms with Gasteiger partial charge in [-0.15, -0.1) is 0 Å². The first-order valence-electron chi connectivity index (χ1n) is 8.73. The van der Waals surface area contributed by atoms with Crippen LogP contribution in [0.15, 0.2) is 42.5 Å². The van der Waals surface area contributed by atoms with E-state index in [0.717, 1.165) is 5.56 Å². The molecule has 1 fully saturated rings. The van der Waals surface area contributed by atoms with Crippen LogP contribution in [-0.2, 0) is 0 Å². The number of halogens is 1. The van der Waals surface area contributed by atoms with E-state index in [1.54, 1.807) is 60.2 Å². The number of urea groups is 1. The average molecular weight is 371 g/mol. The minimum atomic E-state index is -0.463. The number of nitrogens with one attached hydrogen (secondary N) is 1. The average Bonchev–Trinajstić information content (AvgIpc) is 2.69. The molecule has 1 saturated heterocycles. The fourth-order valence-corrected chi connectivity index (χ4v) is 2.97. The van der Waals surface area contributed by atoms with Gasteiger partial charge >= 0.3 is 6.03 Å². The zero-order chi connectivity index (χ0) is 19.4. The van der Waals surface area contributed by atoms with Gasteiger partial charge < -0.3 is 19.9 Å². The van der Waals surface area contributed by atoms with Crippen molar-refractivity contribution in [3.8, 4) is 5.75 Å². The molecule has 6 nitrogen and oxygen atoms in total. The Kier molecular flexibility index (Phi) is 5.59. The van der Waals surface area contributed by atoms with Crippen LogP contribution in [0.2, 0.25) is 0 Å². The Morgan fingerprint density at radius 3 is 2.41 bits per heavy atom. The van der Waals surface area contributed by atoms with E-state index >= 15 is 0 Å². The maximum atomic E-state index is 13.9. The molecule has 3 rings (SSSR count). The van der Waals surface area contributed by atoms with Gasteiger partial charge in [0.2, 0.25) is 0 Å². The predicted octanol–water partition coefficient (Wildman–Crippen LogP) is 3.13. The summed E-state index contributed by atoms with van der Waals surface area (Å²) in [4.78, 5) is 28.3. The second-order valence-electron chi connectivity index (χ2n) is 6.42. The van der Waals surface area contributed by atoms with Gasteiger partial charge in [-0.2, -0.15) is 0 Å². The molecule has 0 radical (unpaired) electrons. The minimum absolute atomic E-state index is 0.0986. The van der Waals surface area contributed by atoms with Crippen LogP contribution in [0.3, 0.4) is 0 Å². The molecular formula is C20H22FN3O3. The number of benzene rings is 2. The van der Waals surface area contributed by atoms with Crippen molar-refractivity contribution in [2.75, 3.05) is 38.6 Å². The second-order valence-corrected chi connectivity index (χ2v) is 6.42. The maximum absolute atomic E-state index is 13.9. The molecule has 142 valence electrons. The molecule has 0 spiro atoms. The fraction of sp³-hybridized carbons (Fsp3) is 0.300. The molecule has 27 heavy (non-hydrogen) atoms. The number of rotatable bonds is 3. The zero-order valence-electron chi connectivity index (χ0n) is 15.4. The lowest BCUT2D eigenvalue weighted by atomic mass is 10.1. The Bertz CT molecular complexity index is 848. The highest BCUT2D eigenvalue weighted by atomic mass is 19.1. The van der Waals surface area contributed by atoms with Gasteiger partial charge in [0, 0.05) is 31.7 Å². The van der Waals surface area contributed by atoms with Gasteiger partial charge in [0.25, 0.3) is 5.91 Å². The number of methoxy groups -OCH3 is 1. The highest BCUT2D eigenvalue weighted by Gasteiger charge is 2.25. The first-order chi connectivity index (χ1) is 13.0. The molecule has 3 amide bonds. The molecule has 0 aliphatic carbocycles. The Morgan fingerprint density at radius 2 is 1.74 bits per heavy atom. The molecule has 7 heteroatoms. The summed E-state index contributed by atoms with van der Waals surface area (Å²) in [6.07, 6.45) is 0. The molecule has 1 aliphatic rings. The number of nitrogens with zero attached hydrogens (tertiary/aromatic N) is 2. The van der Waals surface area contributed by atoms with E-state index in [0.29, 0.717) is 37.5 Å². The third-order valence-corrected chi connectivity index (χ3v) is 4.54. The molecule has 1 aliphatic heterocycles. The van der Waals surface area contributed by atoms with Crippen molar-refractivity contribution in [2.45, 2.75) is 6.92 Å². The van der Waals surface area contributed by atoms with E-state index in [2.05, 4.69) is 5.32 Å². The summed E-state index contributed by atoms with van der Waals surface area (Å²) >= 11 is 0. The van der Waals surface area contributed by atoms with Crippen LogP contribution in [0.5, 0.6) is 5.75 Å². The number of aryl methyl sites for hydroxylation is 1. The maximum Gasteiger partial charge on any atom is 0.322 e. The number of carbonyl (C=O) groups excluding carboxylic acids is 2. The summed E-state index contributed by atoms with van der Waals surface area (Å²) < 4.78 is 19.1. The van der Waals surface area contributed by atoms with Crippen LogP contribution in [0.25, 0.3) is 0 Å². The molecule has 0 saturated carbocycles. The number of hydrogen-bond acceptors (Lipinski definition) is 3. The second kappa shape index (κ2) is 8.07. The third-order valence-electron chi connectivity index (χ3n) is 4.54. The van der Waals surface area contributed by atoms with Gasteiger partial charge in [-0.3, -0.25) is 4.79 Å². The Balaban J connectivity index is 1.57. The molecule has 0 atom stereocenters.